The Balaban J connectivity index is 1.46. The van der Waals surface area contributed by atoms with Gasteiger partial charge in [0.2, 0.25) is 5.91 Å². The van der Waals surface area contributed by atoms with Crippen LogP contribution in [0.4, 0.5) is 0 Å². The molecule has 1 fully saturated rings. The van der Waals surface area contributed by atoms with Gasteiger partial charge in [-0.25, -0.2) is 4.98 Å². The largest absolute Gasteiger partial charge is 0.497 e. The molecule has 162 valence electrons. The summed E-state index contributed by atoms with van der Waals surface area (Å²) in [5.74, 6) is 1.28. The number of amides is 2. The van der Waals surface area contributed by atoms with Gasteiger partial charge >= 0.3 is 0 Å². The maximum Gasteiger partial charge on any atom is 0.251 e. The molecule has 2 amide bonds. The molecule has 1 aliphatic heterocycles. The van der Waals surface area contributed by atoms with E-state index in [4.69, 9.17) is 14.5 Å². The number of imidazole rings is 1. The van der Waals surface area contributed by atoms with E-state index in [1.54, 1.807) is 31.4 Å². The van der Waals surface area contributed by atoms with E-state index in [2.05, 4.69) is 5.32 Å². The van der Waals surface area contributed by atoms with E-state index < -0.39 is 0 Å². The zero-order chi connectivity index (χ0) is 21.6. The summed E-state index contributed by atoms with van der Waals surface area (Å²) in [6.07, 6.45) is 0.515. The molecule has 0 unspecified atom stereocenters. The number of morpholine rings is 1. The monoisotopic (exact) mass is 422 g/mol. The lowest BCUT2D eigenvalue weighted by Gasteiger charge is -2.27. The highest BCUT2D eigenvalue weighted by molar-refractivity contribution is 5.94. The van der Waals surface area contributed by atoms with Gasteiger partial charge in [-0.2, -0.15) is 0 Å². The van der Waals surface area contributed by atoms with Crippen molar-refractivity contribution < 1.29 is 19.1 Å². The molecule has 2 aromatic carbocycles. The van der Waals surface area contributed by atoms with Crippen LogP contribution in [0.1, 0.15) is 16.2 Å². The van der Waals surface area contributed by atoms with Gasteiger partial charge in [-0.05, 0) is 30.3 Å². The Morgan fingerprint density at radius 2 is 1.94 bits per heavy atom. The molecule has 1 N–H and O–H groups in total. The number of benzene rings is 2. The van der Waals surface area contributed by atoms with Crippen molar-refractivity contribution >= 4 is 22.8 Å². The second kappa shape index (κ2) is 9.61. The zero-order valence-corrected chi connectivity index (χ0v) is 17.5. The molecule has 0 saturated carbocycles. The standard InChI is InChI=1S/C23H26N4O4/c1-30-18-6-4-5-17(15-18)23(29)24-10-9-21-25-19-7-2-3-8-20(19)27(21)16-22(28)26-11-13-31-14-12-26/h2-8,15H,9-14,16H2,1H3,(H,24,29). The fraction of sp³-hybridized carbons (Fsp3) is 0.348. The number of nitrogens with one attached hydrogen (secondary N) is 1. The Morgan fingerprint density at radius 1 is 1.13 bits per heavy atom. The molecular weight excluding hydrogens is 396 g/mol. The molecule has 2 heterocycles. The normalized spacial score (nSPS) is 13.9. The number of nitrogens with zero attached hydrogens (tertiary/aromatic N) is 3. The summed E-state index contributed by atoms with van der Waals surface area (Å²) in [4.78, 5) is 31.8. The van der Waals surface area contributed by atoms with E-state index >= 15 is 0 Å². The minimum Gasteiger partial charge on any atom is -0.497 e. The minimum absolute atomic E-state index is 0.0492. The van der Waals surface area contributed by atoms with Crippen molar-refractivity contribution in [3.8, 4) is 5.75 Å². The van der Waals surface area contributed by atoms with E-state index in [9.17, 15) is 9.59 Å². The average molecular weight is 422 g/mol. The number of hydrogen-bond acceptors (Lipinski definition) is 5. The second-order valence-corrected chi connectivity index (χ2v) is 7.33. The average Bonchev–Trinajstić information content (AvgIpc) is 3.16. The molecule has 4 rings (SSSR count). The molecular formula is C23H26N4O4. The molecule has 0 spiro atoms. The van der Waals surface area contributed by atoms with E-state index in [0.29, 0.717) is 50.6 Å². The molecule has 1 saturated heterocycles. The highest BCUT2D eigenvalue weighted by Gasteiger charge is 2.20. The number of rotatable bonds is 7. The highest BCUT2D eigenvalue weighted by atomic mass is 16.5. The third kappa shape index (κ3) is 4.86. The van der Waals surface area contributed by atoms with Gasteiger partial charge in [-0.3, -0.25) is 9.59 Å². The summed E-state index contributed by atoms with van der Waals surface area (Å²) in [5.41, 5.74) is 2.29. The minimum atomic E-state index is -0.175. The first-order valence-corrected chi connectivity index (χ1v) is 10.4. The van der Waals surface area contributed by atoms with Crippen LogP contribution in [-0.2, 0) is 22.5 Å². The van der Waals surface area contributed by atoms with Crippen molar-refractivity contribution in [2.45, 2.75) is 13.0 Å². The molecule has 1 aromatic heterocycles. The van der Waals surface area contributed by atoms with Crippen LogP contribution in [-0.4, -0.2) is 66.2 Å². The molecule has 1 aliphatic rings. The van der Waals surface area contributed by atoms with Crippen molar-refractivity contribution in [1.29, 1.82) is 0 Å². The molecule has 0 bridgehead atoms. The maximum atomic E-state index is 12.8. The number of fused-ring (bicyclic) bond motifs is 1. The number of ether oxygens (including phenoxy) is 2. The van der Waals surface area contributed by atoms with Gasteiger partial charge < -0.3 is 24.3 Å². The Kier molecular flexibility index (Phi) is 6.47. The highest BCUT2D eigenvalue weighted by Crippen LogP contribution is 2.17. The number of carbonyl (C=O) groups is 2. The van der Waals surface area contributed by atoms with Crippen molar-refractivity contribution in [1.82, 2.24) is 19.8 Å². The lowest BCUT2D eigenvalue weighted by atomic mass is 10.2. The molecule has 0 radical (unpaired) electrons. The molecule has 31 heavy (non-hydrogen) atoms. The summed E-state index contributed by atoms with van der Waals surface area (Å²) in [7, 11) is 1.57. The summed E-state index contributed by atoms with van der Waals surface area (Å²) in [5, 5.41) is 2.93. The molecule has 3 aromatic rings. The maximum absolute atomic E-state index is 12.8. The van der Waals surface area contributed by atoms with Gasteiger partial charge in [0.1, 0.15) is 18.1 Å². The van der Waals surface area contributed by atoms with Gasteiger partial charge in [0.15, 0.2) is 0 Å². The fourth-order valence-electron chi connectivity index (χ4n) is 3.69. The Bertz CT molecular complexity index is 1070. The molecule has 0 atom stereocenters. The van der Waals surface area contributed by atoms with Crippen LogP contribution >= 0.6 is 0 Å². The third-order valence-electron chi connectivity index (χ3n) is 5.36. The van der Waals surface area contributed by atoms with Gasteiger partial charge in [0, 0.05) is 31.6 Å². The molecule has 0 aliphatic carbocycles. The number of para-hydroxylation sites is 2. The quantitative estimate of drug-likeness (QED) is 0.628. The van der Waals surface area contributed by atoms with Crippen LogP contribution in [0.2, 0.25) is 0 Å². The first-order chi connectivity index (χ1) is 15.2. The lowest BCUT2D eigenvalue weighted by Crippen LogP contribution is -2.42. The smallest absolute Gasteiger partial charge is 0.251 e. The SMILES string of the molecule is COc1cccc(C(=O)NCCc2nc3ccccc3n2CC(=O)N2CCOCC2)c1. The zero-order valence-electron chi connectivity index (χ0n) is 17.5. The van der Waals surface area contributed by atoms with Crippen LogP contribution in [0.3, 0.4) is 0 Å². The summed E-state index contributed by atoms with van der Waals surface area (Å²) >= 11 is 0. The van der Waals surface area contributed by atoms with Crippen LogP contribution in [0, 0.1) is 0 Å². The van der Waals surface area contributed by atoms with Crippen molar-refractivity contribution in [2.24, 2.45) is 0 Å². The van der Waals surface area contributed by atoms with Crippen LogP contribution in [0.5, 0.6) is 5.75 Å². The number of aromatic nitrogens is 2. The van der Waals surface area contributed by atoms with Crippen LogP contribution in [0.15, 0.2) is 48.5 Å². The van der Waals surface area contributed by atoms with Gasteiger partial charge in [-0.15, -0.1) is 0 Å². The first kappa shape index (κ1) is 20.9. The summed E-state index contributed by atoms with van der Waals surface area (Å²) in [6.45, 7) is 2.98. The van der Waals surface area contributed by atoms with E-state index in [0.717, 1.165) is 16.9 Å². The Hall–Kier alpha value is -3.39. The third-order valence-corrected chi connectivity index (χ3v) is 5.36. The second-order valence-electron chi connectivity index (χ2n) is 7.33. The van der Waals surface area contributed by atoms with E-state index in [-0.39, 0.29) is 18.4 Å². The Morgan fingerprint density at radius 3 is 2.74 bits per heavy atom. The number of methoxy groups -OCH3 is 1. The predicted octanol–water partition coefficient (Wildman–Crippen LogP) is 1.88. The van der Waals surface area contributed by atoms with Gasteiger partial charge in [0.25, 0.3) is 5.91 Å². The predicted molar refractivity (Wildman–Crippen MR) is 116 cm³/mol. The van der Waals surface area contributed by atoms with Crippen molar-refractivity contribution in [2.75, 3.05) is 40.0 Å². The van der Waals surface area contributed by atoms with Gasteiger partial charge in [-0.1, -0.05) is 18.2 Å². The van der Waals surface area contributed by atoms with Crippen molar-refractivity contribution in [3.63, 3.8) is 0 Å². The van der Waals surface area contributed by atoms with Crippen LogP contribution < -0.4 is 10.1 Å². The fourth-order valence-corrected chi connectivity index (χ4v) is 3.69. The summed E-state index contributed by atoms with van der Waals surface area (Å²) < 4.78 is 12.5. The van der Waals surface area contributed by atoms with E-state index in [1.807, 2.05) is 33.7 Å². The topological polar surface area (TPSA) is 85.7 Å². The lowest BCUT2D eigenvalue weighted by molar-refractivity contribution is -0.135. The van der Waals surface area contributed by atoms with E-state index in [1.165, 1.54) is 0 Å². The van der Waals surface area contributed by atoms with Crippen molar-refractivity contribution in [3.05, 3.63) is 59.9 Å². The number of hydrogen-bond donors (Lipinski definition) is 1. The first-order valence-electron chi connectivity index (χ1n) is 10.4. The Labute approximate surface area is 180 Å². The van der Waals surface area contributed by atoms with Crippen LogP contribution in [0.25, 0.3) is 11.0 Å². The van der Waals surface area contributed by atoms with Gasteiger partial charge in [0.05, 0.1) is 31.4 Å². The summed E-state index contributed by atoms with van der Waals surface area (Å²) in [6, 6.07) is 14.8. The number of carbonyl (C=O) groups excluding carboxylic acids is 2. The molecule has 8 heteroatoms. The molecule has 8 nitrogen and oxygen atoms in total.